The van der Waals surface area contributed by atoms with Gasteiger partial charge >= 0.3 is 0 Å². The van der Waals surface area contributed by atoms with Crippen molar-refractivity contribution in [1.82, 2.24) is 29.9 Å². The van der Waals surface area contributed by atoms with Crippen molar-refractivity contribution in [3.05, 3.63) is 114 Å². The van der Waals surface area contributed by atoms with Gasteiger partial charge in [0.2, 0.25) is 0 Å². The van der Waals surface area contributed by atoms with E-state index < -0.39 is 0 Å². The van der Waals surface area contributed by atoms with Crippen molar-refractivity contribution in [2.24, 2.45) is 0 Å². The Balaban J connectivity index is 1.36. The zero-order valence-electron chi connectivity index (χ0n) is 19.2. The van der Waals surface area contributed by atoms with Gasteiger partial charge in [0.1, 0.15) is 24.1 Å². The zero-order chi connectivity index (χ0) is 24.0. The molecule has 0 aliphatic heterocycles. The van der Waals surface area contributed by atoms with Gasteiger partial charge in [-0.2, -0.15) is 10.2 Å². The van der Waals surface area contributed by atoms with Gasteiger partial charge < -0.3 is 10.1 Å². The van der Waals surface area contributed by atoms with Crippen LogP contribution >= 0.6 is 0 Å². The van der Waals surface area contributed by atoms with Crippen LogP contribution in [-0.4, -0.2) is 37.6 Å². The lowest BCUT2D eigenvalue weighted by Gasteiger charge is -2.08. The van der Waals surface area contributed by atoms with Crippen LogP contribution in [0.2, 0.25) is 0 Å². The molecule has 0 unspecified atom stereocenters. The number of amides is 1. The summed E-state index contributed by atoms with van der Waals surface area (Å²) in [5.74, 6) is 0.505. The Bertz CT molecular complexity index is 1410. The number of methoxy groups -OCH3 is 1. The highest BCUT2D eigenvalue weighted by molar-refractivity contribution is 6.00. The lowest BCUT2D eigenvalue weighted by atomic mass is 10.1. The molecule has 0 saturated carbocycles. The maximum absolute atomic E-state index is 13.3. The summed E-state index contributed by atoms with van der Waals surface area (Å²) in [4.78, 5) is 17.2. The number of benzene rings is 3. The van der Waals surface area contributed by atoms with Crippen LogP contribution in [0.25, 0.3) is 16.9 Å². The Labute approximate surface area is 202 Å². The van der Waals surface area contributed by atoms with E-state index in [4.69, 9.17) is 9.84 Å². The minimum atomic E-state index is -0.198. The fourth-order valence-electron chi connectivity index (χ4n) is 3.78. The highest BCUT2D eigenvalue weighted by Gasteiger charge is 2.19. The molecule has 2 heterocycles. The highest BCUT2D eigenvalue weighted by Crippen LogP contribution is 2.27. The van der Waals surface area contributed by atoms with Crippen molar-refractivity contribution in [2.45, 2.75) is 13.1 Å². The van der Waals surface area contributed by atoms with Crippen LogP contribution in [0.15, 0.2) is 97.7 Å². The lowest BCUT2D eigenvalue weighted by Crippen LogP contribution is -2.23. The molecule has 0 aliphatic rings. The van der Waals surface area contributed by atoms with E-state index in [1.165, 1.54) is 6.33 Å². The van der Waals surface area contributed by atoms with Gasteiger partial charge in [0, 0.05) is 18.3 Å². The number of nitrogens with zero attached hydrogens (tertiary/aromatic N) is 5. The second-order valence-electron chi connectivity index (χ2n) is 8.00. The van der Waals surface area contributed by atoms with E-state index in [9.17, 15) is 4.79 Å². The number of hydrogen-bond donors (Lipinski definition) is 1. The van der Waals surface area contributed by atoms with Crippen LogP contribution < -0.4 is 10.1 Å². The third-order valence-electron chi connectivity index (χ3n) is 5.61. The topological polar surface area (TPSA) is 86.9 Å². The summed E-state index contributed by atoms with van der Waals surface area (Å²) in [6, 6.07) is 25.3. The maximum atomic E-state index is 13.3. The first kappa shape index (κ1) is 22.1. The first-order valence-corrected chi connectivity index (χ1v) is 11.2. The van der Waals surface area contributed by atoms with Gasteiger partial charge in [-0.1, -0.05) is 54.6 Å². The van der Waals surface area contributed by atoms with Crippen LogP contribution in [0.5, 0.6) is 5.75 Å². The molecule has 0 spiro atoms. The molecule has 1 amide bonds. The maximum Gasteiger partial charge on any atom is 0.255 e. The van der Waals surface area contributed by atoms with Crippen LogP contribution in [0.4, 0.5) is 0 Å². The molecule has 0 saturated heterocycles. The second-order valence-corrected chi connectivity index (χ2v) is 8.00. The van der Waals surface area contributed by atoms with Gasteiger partial charge in [-0.15, -0.1) is 0 Å². The van der Waals surface area contributed by atoms with Crippen molar-refractivity contribution in [1.29, 1.82) is 0 Å². The first-order valence-electron chi connectivity index (χ1n) is 11.2. The summed E-state index contributed by atoms with van der Waals surface area (Å²) < 4.78 is 8.86. The zero-order valence-corrected chi connectivity index (χ0v) is 19.2. The number of hydrogen-bond acceptors (Lipinski definition) is 5. The number of rotatable bonds is 8. The Hall–Kier alpha value is -4.72. The third-order valence-corrected chi connectivity index (χ3v) is 5.61. The van der Waals surface area contributed by atoms with Gasteiger partial charge in [0.15, 0.2) is 0 Å². The molecule has 2 aromatic heterocycles. The minimum absolute atomic E-state index is 0.198. The summed E-state index contributed by atoms with van der Waals surface area (Å²) in [6.45, 7) is 1.05. The van der Waals surface area contributed by atoms with Crippen molar-refractivity contribution < 1.29 is 9.53 Å². The number of carbonyl (C=O) groups excluding carboxylic acids is 1. The molecule has 0 atom stereocenters. The summed E-state index contributed by atoms with van der Waals surface area (Å²) >= 11 is 0. The molecule has 0 bridgehead atoms. The average Bonchev–Trinajstić information content (AvgIpc) is 3.59. The predicted octanol–water partition coefficient (Wildman–Crippen LogP) is 4.12. The fourth-order valence-corrected chi connectivity index (χ4v) is 3.78. The van der Waals surface area contributed by atoms with Crippen molar-refractivity contribution >= 4 is 5.91 Å². The Morgan fingerprint density at radius 1 is 0.971 bits per heavy atom. The standard InChI is InChI=1S/C27H24N6O2/c1-35-24-9-5-6-22(14-24)26-25(17-33(31-26)23-7-3-2-4-8-23)27(34)29-15-20-10-12-21(13-11-20)16-32-19-28-18-30-32/h2-14,17-19H,15-16H2,1H3,(H,29,34). The van der Waals surface area contributed by atoms with Gasteiger partial charge in [0.25, 0.3) is 5.91 Å². The number of nitrogens with one attached hydrogen (secondary N) is 1. The number of aromatic nitrogens is 5. The van der Waals surface area contributed by atoms with Crippen LogP contribution in [-0.2, 0) is 13.1 Å². The van der Waals surface area contributed by atoms with Gasteiger partial charge in [0.05, 0.1) is 24.9 Å². The first-order chi connectivity index (χ1) is 17.2. The van der Waals surface area contributed by atoms with E-state index in [0.717, 1.165) is 22.4 Å². The summed E-state index contributed by atoms with van der Waals surface area (Å²) in [7, 11) is 1.62. The minimum Gasteiger partial charge on any atom is -0.497 e. The van der Waals surface area contributed by atoms with Crippen LogP contribution in [0, 0.1) is 0 Å². The van der Waals surface area contributed by atoms with E-state index in [1.54, 1.807) is 29.0 Å². The fraction of sp³-hybridized carbons (Fsp3) is 0.111. The largest absolute Gasteiger partial charge is 0.497 e. The Kier molecular flexibility index (Phi) is 6.34. The van der Waals surface area contributed by atoms with E-state index >= 15 is 0 Å². The molecule has 5 rings (SSSR count). The Morgan fingerprint density at radius 3 is 2.51 bits per heavy atom. The molecule has 8 nitrogen and oxygen atoms in total. The van der Waals surface area contributed by atoms with Crippen LogP contribution in [0.3, 0.4) is 0 Å². The molecule has 5 aromatic rings. The normalized spacial score (nSPS) is 10.8. The number of para-hydroxylation sites is 1. The third kappa shape index (κ3) is 5.11. The molecule has 174 valence electrons. The van der Waals surface area contributed by atoms with E-state index in [1.807, 2.05) is 78.9 Å². The van der Waals surface area contributed by atoms with Gasteiger partial charge in [-0.25, -0.2) is 14.3 Å². The van der Waals surface area contributed by atoms with E-state index in [2.05, 4.69) is 15.4 Å². The summed E-state index contributed by atoms with van der Waals surface area (Å²) in [5, 5.41) is 11.9. The molecule has 8 heteroatoms. The molecule has 1 N–H and O–H groups in total. The monoisotopic (exact) mass is 464 g/mol. The summed E-state index contributed by atoms with van der Waals surface area (Å²) in [5.41, 5.74) is 4.87. The smallest absolute Gasteiger partial charge is 0.255 e. The summed E-state index contributed by atoms with van der Waals surface area (Å²) in [6.07, 6.45) is 4.97. The molecule has 3 aromatic carbocycles. The number of ether oxygens (including phenoxy) is 1. The number of carbonyl (C=O) groups is 1. The molecule has 0 aliphatic carbocycles. The van der Waals surface area contributed by atoms with Gasteiger partial charge in [-0.3, -0.25) is 4.79 Å². The van der Waals surface area contributed by atoms with Crippen molar-refractivity contribution in [2.75, 3.05) is 7.11 Å². The lowest BCUT2D eigenvalue weighted by molar-refractivity contribution is 0.0951. The molecule has 0 fully saturated rings. The van der Waals surface area contributed by atoms with E-state index in [0.29, 0.717) is 30.1 Å². The van der Waals surface area contributed by atoms with E-state index in [-0.39, 0.29) is 5.91 Å². The average molecular weight is 465 g/mol. The SMILES string of the molecule is COc1cccc(-c2nn(-c3ccccc3)cc2C(=O)NCc2ccc(Cn3cncn3)cc2)c1. The quantitative estimate of drug-likeness (QED) is 0.373. The Morgan fingerprint density at radius 2 is 1.77 bits per heavy atom. The highest BCUT2D eigenvalue weighted by atomic mass is 16.5. The molecule has 35 heavy (non-hydrogen) atoms. The van der Waals surface area contributed by atoms with Crippen molar-refractivity contribution in [3.63, 3.8) is 0 Å². The predicted molar refractivity (Wildman–Crippen MR) is 132 cm³/mol. The molecule has 0 radical (unpaired) electrons. The van der Waals surface area contributed by atoms with Crippen molar-refractivity contribution in [3.8, 4) is 22.7 Å². The molecular formula is C27H24N6O2. The van der Waals surface area contributed by atoms with Gasteiger partial charge in [-0.05, 0) is 35.4 Å². The second kappa shape index (κ2) is 10.0. The molecular weight excluding hydrogens is 440 g/mol. The van der Waals surface area contributed by atoms with Crippen LogP contribution in [0.1, 0.15) is 21.5 Å².